The Morgan fingerprint density at radius 1 is 1.50 bits per heavy atom. The van der Waals surface area contributed by atoms with Gasteiger partial charge in [-0.2, -0.15) is 0 Å². The summed E-state index contributed by atoms with van der Waals surface area (Å²) < 4.78 is 8.42. The van der Waals surface area contributed by atoms with Crippen LogP contribution in [0.1, 0.15) is 0 Å². The summed E-state index contributed by atoms with van der Waals surface area (Å²) in [7, 11) is 4.21. The van der Waals surface area contributed by atoms with Crippen molar-refractivity contribution in [3.05, 3.63) is 0 Å². The predicted octanol–water partition coefficient (Wildman–Crippen LogP) is -0.122. The molecule has 0 bridgehead atoms. The van der Waals surface area contributed by atoms with Crippen LogP contribution in [-0.4, -0.2) is 24.4 Å². The van der Waals surface area contributed by atoms with Crippen molar-refractivity contribution < 1.29 is 19.4 Å². The summed E-state index contributed by atoms with van der Waals surface area (Å²) in [5.41, 5.74) is 0. The molecule has 0 unspecified atom stereocenters. The van der Waals surface area contributed by atoms with Gasteiger partial charge >= 0.3 is 53.9 Å². The van der Waals surface area contributed by atoms with E-state index in [4.69, 9.17) is 2.85 Å². The molecule has 0 aliphatic carbocycles. The van der Waals surface area contributed by atoms with Gasteiger partial charge in [-0.1, -0.05) is 0 Å². The van der Waals surface area contributed by atoms with Crippen molar-refractivity contribution in [2.75, 3.05) is 0 Å². The Labute approximate surface area is 53.4 Å². The van der Waals surface area contributed by atoms with Gasteiger partial charge in [0.25, 0.3) is 0 Å². The van der Waals surface area contributed by atoms with Gasteiger partial charge in [0, 0.05) is 0 Å². The van der Waals surface area contributed by atoms with Gasteiger partial charge in [-0.05, 0) is 0 Å². The summed E-state index contributed by atoms with van der Waals surface area (Å²) in [6, 6.07) is 0. The maximum atomic E-state index is 8.42. The summed E-state index contributed by atoms with van der Waals surface area (Å²) in [5.74, 6) is 0. The molecule has 0 N–H and O–H groups in total. The van der Waals surface area contributed by atoms with Gasteiger partial charge in [-0.3, -0.25) is 0 Å². The second-order valence-electron chi connectivity index (χ2n) is 0. The van der Waals surface area contributed by atoms with Gasteiger partial charge in [0.2, 0.25) is 0 Å². The molecular formula is HInOSZn. The molecule has 4 heavy (non-hydrogen) atoms. The van der Waals surface area contributed by atoms with E-state index in [9.17, 15) is 0 Å². The normalized spacial score (nSPS) is 2.25. The van der Waals surface area contributed by atoms with Crippen LogP contribution < -0.4 is 0 Å². The summed E-state index contributed by atoms with van der Waals surface area (Å²) in [4.78, 5) is 0. The van der Waals surface area contributed by atoms with Crippen molar-refractivity contribution >= 4 is 34.5 Å². The van der Waals surface area contributed by atoms with E-state index in [-0.39, 0.29) is 24.4 Å². The number of rotatable bonds is 0. The Morgan fingerprint density at radius 2 is 1.50 bits per heavy atom. The molecule has 18 valence electrons. The summed E-state index contributed by atoms with van der Waals surface area (Å²) in [6.07, 6.45) is 0. The van der Waals surface area contributed by atoms with Crippen molar-refractivity contribution in [3.63, 3.8) is 0 Å². The molecule has 0 atom stereocenters. The molecule has 0 saturated carbocycles. The standard InChI is InChI=1S/In.O.S.Zn.H. The fourth-order valence-corrected chi connectivity index (χ4v) is 0. The van der Waals surface area contributed by atoms with E-state index in [2.05, 4.69) is 10.1 Å². The molecule has 0 saturated heterocycles. The average Bonchev–Trinajstić information content (AvgIpc) is 1.50. The molecule has 0 aromatic carbocycles. The molecule has 0 rings (SSSR count). The van der Waals surface area contributed by atoms with Crippen molar-refractivity contribution in [2.45, 2.75) is 0 Å². The third kappa shape index (κ3) is 9.69. The third-order valence-electron chi connectivity index (χ3n) is 0. The van der Waals surface area contributed by atoms with Gasteiger partial charge in [-0.15, -0.1) is 0 Å². The third-order valence-corrected chi connectivity index (χ3v) is 0. The fourth-order valence-electron chi connectivity index (χ4n) is 0. The summed E-state index contributed by atoms with van der Waals surface area (Å²) in [6.45, 7) is 0. The maximum absolute atomic E-state index is 8.42. The van der Waals surface area contributed by atoms with Gasteiger partial charge in [0.15, 0.2) is 0 Å². The first-order valence-corrected chi connectivity index (χ1v) is 6.44. The van der Waals surface area contributed by atoms with Gasteiger partial charge in [0.1, 0.15) is 0 Å². The molecule has 1 nitrogen and oxygen atoms in total. The Bertz CT molecular complexity index is 10.0. The monoisotopic (exact) mass is 228 g/mol. The van der Waals surface area contributed by atoms with Crippen LogP contribution in [0.25, 0.3) is 0 Å². The van der Waals surface area contributed by atoms with E-state index >= 15 is 0 Å². The van der Waals surface area contributed by atoms with Gasteiger partial charge < -0.3 is 0 Å². The van der Waals surface area contributed by atoms with Gasteiger partial charge in [0.05, 0.1) is 0 Å². The van der Waals surface area contributed by atoms with E-state index in [1.807, 2.05) is 0 Å². The second-order valence-corrected chi connectivity index (χ2v) is 0. The molecule has 0 aromatic rings. The molecule has 0 aliphatic rings. The molecule has 0 fully saturated rings. The van der Waals surface area contributed by atoms with Gasteiger partial charge in [-0.25, -0.2) is 0 Å². The fraction of sp³-hybridized carbons (Fsp3) is 0. The molecule has 4 heteroatoms. The van der Waals surface area contributed by atoms with Crippen LogP contribution in [0.3, 0.4) is 0 Å². The first kappa shape index (κ1) is 9.10. The van der Waals surface area contributed by atoms with E-state index in [1.165, 1.54) is 0 Å². The van der Waals surface area contributed by atoms with Crippen LogP contribution in [-0.2, 0) is 19.4 Å². The van der Waals surface area contributed by atoms with Crippen molar-refractivity contribution in [2.24, 2.45) is 0 Å². The van der Waals surface area contributed by atoms with E-state index in [1.54, 1.807) is 0 Å². The van der Waals surface area contributed by atoms with Crippen molar-refractivity contribution in [1.29, 1.82) is 0 Å². The predicted molar refractivity (Wildman–Crippen MR) is 15.4 cm³/mol. The minimum atomic E-state index is -0.1000. The molecule has 0 heterocycles. The molecule has 0 aliphatic heterocycles. The van der Waals surface area contributed by atoms with Crippen LogP contribution >= 0.6 is 10.1 Å². The number of hydrogen-bond donors (Lipinski definition) is 0. The first-order valence-electron chi connectivity index (χ1n) is 0.577. The summed E-state index contributed by atoms with van der Waals surface area (Å²) >= 11 is 0.858. The number of hydrogen-bond acceptors (Lipinski definition) is 2. The van der Waals surface area contributed by atoms with Crippen molar-refractivity contribution in [3.8, 4) is 0 Å². The zero-order valence-corrected chi connectivity index (χ0v) is 10.1. The van der Waals surface area contributed by atoms with Crippen LogP contribution in [0.15, 0.2) is 0 Å². The Hall–Kier alpha value is 1.51. The van der Waals surface area contributed by atoms with E-state index in [0.29, 0.717) is 0 Å². The minimum absolute atomic E-state index is 0.1000. The van der Waals surface area contributed by atoms with Crippen molar-refractivity contribution in [1.82, 2.24) is 0 Å². The Kier molecular flexibility index (Phi) is 55.3. The zero-order chi connectivity index (χ0) is 4.00. The topological polar surface area (TPSA) is 17.1 Å². The molecule has 0 aromatic heterocycles. The van der Waals surface area contributed by atoms with Crippen LogP contribution in [0.4, 0.5) is 0 Å². The second kappa shape index (κ2) is 24.3. The molecule has 0 radical (unpaired) electrons. The first-order chi connectivity index (χ1) is 2.00. The van der Waals surface area contributed by atoms with Crippen LogP contribution in [0, 0.1) is 0 Å². The van der Waals surface area contributed by atoms with Crippen LogP contribution in [0.2, 0.25) is 0 Å². The molecule has 0 spiro atoms. The quantitative estimate of drug-likeness (QED) is 0.539. The SMILES string of the molecule is [O]=[InH].[S]=[Zn]. The van der Waals surface area contributed by atoms with Crippen LogP contribution in [0.5, 0.6) is 0 Å². The summed E-state index contributed by atoms with van der Waals surface area (Å²) in [5, 5.41) is 0. The Morgan fingerprint density at radius 3 is 1.50 bits per heavy atom. The zero-order valence-electron chi connectivity index (χ0n) is 2.23. The molecule has 0 amide bonds. The molecular weight excluding hydrogens is 228 g/mol. The van der Waals surface area contributed by atoms with E-state index in [0.717, 1.165) is 16.6 Å². The van der Waals surface area contributed by atoms with E-state index < -0.39 is 0 Å². The Balaban J connectivity index is 0. The average molecular weight is 229 g/mol.